The van der Waals surface area contributed by atoms with Crippen molar-refractivity contribution < 1.29 is 18.7 Å². The third kappa shape index (κ3) is 5.42. The Kier molecular flexibility index (Phi) is 7.09. The summed E-state index contributed by atoms with van der Waals surface area (Å²) in [4.78, 5) is 26.7. The highest BCUT2D eigenvalue weighted by molar-refractivity contribution is 7.80. The standard InChI is InChI=1S/C23H25FN4O3S/c1-13(2)31-21(29)19-14(3)28(4)23(32)27-20(19)15-8-10-17(11-9-15)25-22(30)26-18-7-5-6-16(24)12-18/h5-13,20H,1-4H3,(H,27,32)(H2,25,26,30). The number of halogens is 1. The van der Waals surface area contributed by atoms with Crippen molar-refractivity contribution in [3.05, 3.63) is 71.2 Å². The normalized spacial score (nSPS) is 16.0. The van der Waals surface area contributed by atoms with Crippen molar-refractivity contribution in [1.29, 1.82) is 0 Å². The molecule has 0 aromatic heterocycles. The van der Waals surface area contributed by atoms with Crippen LogP contribution in [-0.4, -0.2) is 35.2 Å². The molecule has 1 aliphatic rings. The molecule has 1 heterocycles. The number of nitrogens with zero attached hydrogens (tertiary/aromatic N) is 1. The quantitative estimate of drug-likeness (QED) is 0.452. The van der Waals surface area contributed by atoms with Crippen molar-refractivity contribution in [3.63, 3.8) is 0 Å². The maximum atomic E-state index is 13.3. The van der Waals surface area contributed by atoms with Gasteiger partial charge in [-0.2, -0.15) is 0 Å². The van der Waals surface area contributed by atoms with Gasteiger partial charge in [0.15, 0.2) is 5.11 Å². The van der Waals surface area contributed by atoms with Gasteiger partial charge in [0, 0.05) is 24.1 Å². The number of anilines is 2. The number of esters is 1. The molecule has 3 N–H and O–H groups in total. The Morgan fingerprint density at radius 2 is 1.78 bits per heavy atom. The van der Waals surface area contributed by atoms with Gasteiger partial charge in [-0.25, -0.2) is 14.0 Å². The Morgan fingerprint density at radius 1 is 1.12 bits per heavy atom. The van der Waals surface area contributed by atoms with Crippen LogP contribution >= 0.6 is 12.2 Å². The molecule has 1 unspecified atom stereocenters. The molecule has 0 spiro atoms. The van der Waals surface area contributed by atoms with Crippen LogP contribution in [0.15, 0.2) is 59.8 Å². The Morgan fingerprint density at radius 3 is 2.41 bits per heavy atom. The van der Waals surface area contributed by atoms with Gasteiger partial charge in [-0.1, -0.05) is 18.2 Å². The second-order valence-electron chi connectivity index (χ2n) is 7.61. The number of benzene rings is 2. The summed E-state index contributed by atoms with van der Waals surface area (Å²) in [6.45, 7) is 5.41. The predicted molar refractivity (Wildman–Crippen MR) is 126 cm³/mol. The van der Waals surface area contributed by atoms with Crippen LogP contribution in [0.5, 0.6) is 0 Å². The van der Waals surface area contributed by atoms with Crippen LogP contribution in [0.2, 0.25) is 0 Å². The number of rotatable bonds is 5. The van der Waals surface area contributed by atoms with Crippen molar-refractivity contribution in [1.82, 2.24) is 10.2 Å². The van der Waals surface area contributed by atoms with Gasteiger partial charge >= 0.3 is 12.0 Å². The number of nitrogens with one attached hydrogen (secondary N) is 3. The SMILES string of the molecule is CC1=C(C(=O)OC(C)C)C(c2ccc(NC(=O)Nc3cccc(F)c3)cc2)NC(=S)N1C. The molecule has 2 amide bonds. The Balaban J connectivity index is 1.78. The molecule has 2 aromatic rings. The van der Waals surface area contributed by atoms with Gasteiger partial charge in [-0.15, -0.1) is 0 Å². The number of urea groups is 1. The van der Waals surface area contributed by atoms with E-state index in [0.717, 1.165) is 5.56 Å². The smallest absolute Gasteiger partial charge is 0.338 e. The van der Waals surface area contributed by atoms with E-state index in [1.807, 2.05) is 6.92 Å². The molecule has 2 aromatic carbocycles. The van der Waals surface area contributed by atoms with E-state index in [0.29, 0.717) is 27.8 Å². The van der Waals surface area contributed by atoms with E-state index in [1.54, 1.807) is 56.1 Å². The molecule has 0 fully saturated rings. The molecule has 168 valence electrons. The van der Waals surface area contributed by atoms with Gasteiger partial charge in [0.1, 0.15) is 5.82 Å². The van der Waals surface area contributed by atoms with Crippen LogP contribution in [0.25, 0.3) is 0 Å². The third-order valence-corrected chi connectivity index (χ3v) is 5.29. The summed E-state index contributed by atoms with van der Waals surface area (Å²) in [6.07, 6.45) is -0.259. The van der Waals surface area contributed by atoms with Crippen LogP contribution < -0.4 is 16.0 Å². The van der Waals surface area contributed by atoms with E-state index in [2.05, 4.69) is 16.0 Å². The summed E-state index contributed by atoms with van der Waals surface area (Å²) in [6, 6.07) is 11.6. The van der Waals surface area contributed by atoms with Gasteiger partial charge in [0.05, 0.1) is 17.7 Å². The first-order chi connectivity index (χ1) is 15.2. The van der Waals surface area contributed by atoms with E-state index in [9.17, 15) is 14.0 Å². The van der Waals surface area contributed by atoms with Crippen LogP contribution in [0.3, 0.4) is 0 Å². The number of allylic oxidation sites excluding steroid dienone is 1. The fraction of sp³-hybridized carbons (Fsp3) is 0.261. The monoisotopic (exact) mass is 456 g/mol. The number of carbonyl (C=O) groups is 2. The first kappa shape index (κ1) is 23.2. The zero-order chi connectivity index (χ0) is 23.4. The minimum absolute atomic E-state index is 0.259. The van der Waals surface area contributed by atoms with Crippen molar-refractivity contribution in [2.75, 3.05) is 17.7 Å². The van der Waals surface area contributed by atoms with E-state index in [1.165, 1.54) is 18.2 Å². The molecular formula is C23H25FN4O3S. The first-order valence-corrected chi connectivity index (χ1v) is 10.5. The molecular weight excluding hydrogens is 431 g/mol. The molecule has 1 aliphatic heterocycles. The van der Waals surface area contributed by atoms with Crippen molar-refractivity contribution >= 4 is 40.7 Å². The maximum Gasteiger partial charge on any atom is 0.338 e. The van der Waals surface area contributed by atoms with Crippen molar-refractivity contribution in [2.45, 2.75) is 32.9 Å². The minimum Gasteiger partial charge on any atom is -0.459 e. The van der Waals surface area contributed by atoms with E-state index < -0.39 is 23.9 Å². The topological polar surface area (TPSA) is 82.7 Å². The van der Waals surface area contributed by atoms with Gasteiger partial charge < -0.3 is 25.6 Å². The van der Waals surface area contributed by atoms with Gasteiger partial charge in [0.25, 0.3) is 0 Å². The van der Waals surface area contributed by atoms with Crippen molar-refractivity contribution in [3.8, 4) is 0 Å². The molecule has 3 rings (SSSR count). The first-order valence-electron chi connectivity index (χ1n) is 10.0. The molecule has 0 bridgehead atoms. The summed E-state index contributed by atoms with van der Waals surface area (Å²) in [7, 11) is 1.79. The second-order valence-corrected chi connectivity index (χ2v) is 7.99. The minimum atomic E-state index is -0.501. The lowest BCUT2D eigenvalue weighted by atomic mass is 9.95. The molecule has 0 saturated heterocycles. The average molecular weight is 457 g/mol. The van der Waals surface area contributed by atoms with Crippen molar-refractivity contribution in [2.24, 2.45) is 0 Å². The fourth-order valence-electron chi connectivity index (χ4n) is 3.25. The molecule has 1 atom stereocenters. The zero-order valence-corrected chi connectivity index (χ0v) is 19.0. The summed E-state index contributed by atoms with van der Waals surface area (Å²) in [5.41, 5.74) is 2.84. The zero-order valence-electron chi connectivity index (χ0n) is 18.2. The number of carbonyl (C=O) groups excluding carboxylic acids is 2. The number of ether oxygens (including phenoxy) is 1. The highest BCUT2D eigenvalue weighted by Crippen LogP contribution is 2.31. The largest absolute Gasteiger partial charge is 0.459 e. The molecule has 32 heavy (non-hydrogen) atoms. The Bertz CT molecular complexity index is 1070. The Labute approximate surface area is 191 Å². The molecule has 0 aliphatic carbocycles. The highest BCUT2D eigenvalue weighted by atomic mass is 32.1. The number of amides is 2. The predicted octanol–water partition coefficient (Wildman–Crippen LogP) is 4.56. The van der Waals surface area contributed by atoms with Gasteiger partial charge in [-0.3, -0.25) is 0 Å². The fourth-order valence-corrected chi connectivity index (χ4v) is 3.50. The number of thiocarbonyl (C=S) groups is 1. The summed E-state index contributed by atoms with van der Waals surface area (Å²) in [5, 5.41) is 8.94. The number of hydrogen-bond acceptors (Lipinski definition) is 4. The summed E-state index contributed by atoms with van der Waals surface area (Å²) in [5.74, 6) is -0.855. The molecule has 0 radical (unpaired) electrons. The average Bonchev–Trinajstić information content (AvgIpc) is 2.71. The summed E-state index contributed by atoms with van der Waals surface area (Å²) >= 11 is 5.40. The number of hydrogen-bond donors (Lipinski definition) is 3. The third-order valence-electron chi connectivity index (χ3n) is 4.90. The Hall–Kier alpha value is -3.46. The van der Waals surface area contributed by atoms with Gasteiger partial charge in [0.2, 0.25) is 0 Å². The van der Waals surface area contributed by atoms with E-state index in [-0.39, 0.29) is 6.10 Å². The molecule has 7 nitrogen and oxygen atoms in total. The highest BCUT2D eigenvalue weighted by Gasteiger charge is 2.33. The van der Waals surface area contributed by atoms with E-state index >= 15 is 0 Å². The molecule has 0 saturated carbocycles. The maximum absolute atomic E-state index is 13.3. The van der Waals surface area contributed by atoms with Crippen LogP contribution in [0, 0.1) is 5.82 Å². The van der Waals surface area contributed by atoms with Gasteiger partial charge in [-0.05, 0) is 68.9 Å². The lowest BCUT2D eigenvalue weighted by molar-refractivity contribution is -0.143. The van der Waals surface area contributed by atoms with Crippen LogP contribution in [-0.2, 0) is 9.53 Å². The van der Waals surface area contributed by atoms with Crippen LogP contribution in [0.1, 0.15) is 32.4 Å². The molecule has 9 heteroatoms. The van der Waals surface area contributed by atoms with Crippen LogP contribution in [0.4, 0.5) is 20.6 Å². The lowest BCUT2D eigenvalue weighted by Crippen LogP contribution is -2.46. The summed E-state index contributed by atoms with van der Waals surface area (Å²) < 4.78 is 18.7. The lowest BCUT2D eigenvalue weighted by Gasteiger charge is -2.35. The second kappa shape index (κ2) is 9.78. The van der Waals surface area contributed by atoms with E-state index in [4.69, 9.17) is 17.0 Å².